The van der Waals surface area contributed by atoms with Crippen LogP contribution in [0.3, 0.4) is 0 Å². The zero-order valence-corrected chi connectivity index (χ0v) is 29.9. The molecule has 0 saturated heterocycles. The highest BCUT2D eigenvalue weighted by Crippen LogP contribution is 2.40. The van der Waals surface area contributed by atoms with Crippen LogP contribution in [0.5, 0.6) is 0 Å². The van der Waals surface area contributed by atoms with Gasteiger partial charge < -0.3 is 9.13 Å². The summed E-state index contributed by atoms with van der Waals surface area (Å²) >= 11 is 0. The molecule has 0 N–H and O–H groups in total. The first kappa shape index (κ1) is 31.1. The molecule has 0 aliphatic rings. The van der Waals surface area contributed by atoms with Crippen molar-refractivity contribution in [2.24, 2.45) is 0 Å². The third-order valence-electron chi connectivity index (χ3n) is 11.1. The van der Waals surface area contributed by atoms with Crippen LogP contribution in [0.4, 0.5) is 0 Å². The van der Waals surface area contributed by atoms with Crippen molar-refractivity contribution in [1.29, 1.82) is 0 Å². The largest absolute Gasteiger partial charge is 0.309 e. The maximum Gasteiger partial charge on any atom is 0.0541 e. The fourth-order valence-corrected chi connectivity index (χ4v) is 8.44. The molecule has 0 fully saturated rings. The highest BCUT2D eigenvalue weighted by atomic mass is 15.0. The lowest BCUT2D eigenvalue weighted by Gasteiger charge is -2.14. The van der Waals surface area contributed by atoms with E-state index >= 15 is 0 Å². The van der Waals surface area contributed by atoms with Crippen LogP contribution in [0.1, 0.15) is 18.1 Å². The summed E-state index contributed by atoms with van der Waals surface area (Å²) in [6.07, 6.45) is 0.995. The number of para-hydroxylation sites is 3. The molecular weight excluding hydrogens is 641 g/mol. The molecular formula is C51H38N2. The van der Waals surface area contributed by atoms with Crippen LogP contribution in [0, 0.1) is 6.92 Å². The molecule has 0 saturated carbocycles. The highest BCUT2D eigenvalue weighted by molar-refractivity contribution is 6.13. The van der Waals surface area contributed by atoms with E-state index in [1.165, 1.54) is 93.8 Å². The summed E-state index contributed by atoms with van der Waals surface area (Å²) in [5.74, 6) is 0. The molecule has 2 heteroatoms. The summed E-state index contributed by atoms with van der Waals surface area (Å²) < 4.78 is 4.79. The topological polar surface area (TPSA) is 9.86 Å². The molecule has 252 valence electrons. The maximum atomic E-state index is 2.41. The molecule has 8 aromatic carbocycles. The van der Waals surface area contributed by atoms with E-state index < -0.39 is 0 Å². The Hall–Kier alpha value is -6.64. The Kier molecular flexibility index (Phi) is 7.37. The Morgan fingerprint density at radius 2 is 0.792 bits per heavy atom. The summed E-state index contributed by atoms with van der Waals surface area (Å²) in [6.45, 7) is 4.46. The van der Waals surface area contributed by atoms with Crippen molar-refractivity contribution in [3.63, 3.8) is 0 Å². The molecule has 0 radical (unpaired) electrons. The Balaban J connectivity index is 1.17. The Labute approximate surface area is 309 Å². The summed E-state index contributed by atoms with van der Waals surface area (Å²) in [6, 6.07) is 66.9. The third-order valence-corrected chi connectivity index (χ3v) is 11.1. The van der Waals surface area contributed by atoms with Crippen molar-refractivity contribution in [3.8, 4) is 44.8 Å². The molecule has 2 aromatic heterocycles. The molecule has 0 spiro atoms. The smallest absolute Gasteiger partial charge is 0.0541 e. The summed E-state index contributed by atoms with van der Waals surface area (Å²) in [5.41, 5.74) is 17.4. The van der Waals surface area contributed by atoms with Crippen LogP contribution in [-0.4, -0.2) is 9.13 Å². The molecule has 0 bridgehead atoms. The number of fused-ring (bicyclic) bond motifs is 6. The molecule has 2 heterocycles. The lowest BCUT2D eigenvalue weighted by Crippen LogP contribution is -1.93. The molecule has 0 unspecified atom stereocenters. The van der Waals surface area contributed by atoms with Crippen LogP contribution < -0.4 is 0 Å². The summed E-state index contributed by atoms with van der Waals surface area (Å²) in [5, 5.41) is 5.02. The van der Waals surface area contributed by atoms with Crippen LogP contribution in [0.25, 0.3) is 88.4 Å². The van der Waals surface area contributed by atoms with Crippen molar-refractivity contribution in [3.05, 3.63) is 193 Å². The van der Waals surface area contributed by atoms with E-state index in [2.05, 4.69) is 205 Å². The van der Waals surface area contributed by atoms with Gasteiger partial charge in [0.2, 0.25) is 0 Å². The van der Waals surface area contributed by atoms with Gasteiger partial charge in [0.1, 0.15) is 0 Å². The van der Waals surface area contributed by atoms with Gasteiger partial charge in [-0.1, -0.05) is 116 Å². The van der Waals surface area contributed by atoms with Gasteiger partial charge in [0, 0.05) is 32.9 Å². The molecule has 10 rings (SSSR count). The highest BCUT2D eigenvalue weighted by Gasteiger charge is 2.17. The number of hydrogen-bond donors (Lipinski definition) is 0. The third kappa shape index (κ3) is 5.10. The maximum absolute atomic E-state index is 2.41. The summed E-state index contributed by atoms with van der Waals surface area (Å²) in [7, 11) is 0. The number of aryl methyl sites for hydroxylation is 2. The Morgan fingerprint density at radius 1 is 0.358 bits per heavy atom. The lowest BCUT2D eigenvalue weighted by molar-refractivity contribution is 1.14. The minimum atomic E-state index is 0.995. The van der Waals surface area contributed by atoms with Crippen molar-refractivity contribution in [1.82, 2.24) is 9.13 Å². The number of benzene rings is 8. The van der Waals surface area contributed by atoms with E-state index in [9.17, 15) is 0 Å². The molecule has 0 aliphatic carbocycles. The average Bonchev–Trinajstić information content (AvgIpc) is 3.73. The Bertz CT molecular complexity index is 2980. The number of rotatable bonds is 6. The number of aromatic nitrogens is 2. The zero-order chi connectivity index (χ0) is 35.5. The van der Waals surface area contributed by atoms with E-state index in [0.29, 0.717) is 0 Å². The molecule has 0 aliphatic heterocycles. The predicted molar refractivity (Wildman–Crippen MR) is 226 cm³/mol. The predicted octanol–water partition coefficient (Wildman–Crippen LogP) is 13.8. The minimum Gasteiger partial charge on any atom is -0.309 e. The van der Waals surface area contributed by atoms with Gasteiger partial charge in [-0.2, -0.15) is 0 Å². The van der Waals surface area contributed by atoms with Gasteiger partial charge >= 0.3 is 0 Å². The standard InChI is InChI=1S/C51H38N2/c1-3-35-22-23-36(30-44(35)42-19-11-10-14-34(42)2)38-25-28-50-46(32-38)47-33-39(26-29-51(47)53(50)41-17-8-5-9-18-41)37-24-27-49-45(31-37)43-20-12-13-21-48(43)52(49)40-15-6-4-7-16-40/h4-33H,3H2,1-2H3. The number of hydrogen-bond acceptors (Lipinski definition) is 0. The van der Waals surface area contributed by atoms with E-state index in [-0.39, 0.29) is 0 Å². The quantitative estimate of drug-likeness (QED) is 0.166. The fourth-order valence-electron chi connectivity index (χ4n) is 8.44. The van der Waals surface area contributed by atoms with Crippen LogP contribution >= 0.6 is 0 Å². The molecule has 0 amide bonds. The van der Waals surface area contributed by atoms with E-state index in [1.54, 1.807) is 0 Å². The second kappa shape index (κ2) is 12.5. The monoisotopic (exact) mass is 678 g/mol. The minimum absolute atomic E-state index is 0.995. The van der Waals surface area contributed by atoms with Gasteiger partial charge in [0.05, 0.1) is 22.1 Å². The Morgan fingerprint density at radius 3 is 1.34 bits per heavy atom. The van der Waals surface area contributed by atoms with Crippen molar-refractivity contribution >= 4 is 43.6 Å². The van der Waals surface area contributed by atoms with E-state index in [0.717, 1.165) is 12.1 Å². The van der Waals surface area contributed by atoms with E-state index in [1.807, 2.05) is 0 Å². The zero-order valence-electron chi connectivity index (χ0n) is 29.9. The first-order chi connectivity index (χ1) is 26.2. The van der Waals surface area contributed by atoms with Gasteiger partial charge in [-0.3, -0.25) is 0 Å². The van der Waals surface area contributed by atoms with Gasteiger partial charge in [-0.15, -0.1) is 0 Å². The molecule has 53 heavy (non-hydrogen) atoms. The molecule has 0 atom stereocenters. The van der Waals surface area contributed by atoms with Gasteiger partial charge in [-0.25, -0.2) is 0 Å². The number of nitrogens with zero attached hydrogens (tertiary/aromatic N) is 2. The molecule has 10 aromatic rings. The van der Waals surface area contributed by atoms with Crippen LogP contribution in [0.15, 0.2) is 182 Å². The summed E-state index contributed by atoms with van der Waals surface area (Å²) in [4.78, 5) is 0. The van der Waals surface area contributed by atoms with Gasteiger partial charge in [0.15, 0.2) is 0 Å². The van der Waals surface area contributed by atoms with Gasteiger partial charge in [0.25, 0.3) is 0 Å². The second-order valence-electron chi connectivity index (χ2n) is 14.1. The first-order valence-electron chi connectivity index (χ1n) is 18.6. The van der Waals surface area contributed by atoms with Crippen molar-refractivity contribution in [2.45, 2.75) is 20.3 Å². The van der Waals surface area contributed by atoms with Crippen LogP contribution in [-0.2, 0) is 6.42 Å². The van der Waals surface area contributed by atoms with Gasteiger partial charge in [-0.05, 0) is 131 Å². The fraction of sp³-hybridized carbons (Fsp3) is 0.0588. The van der Waals surface area contributed by atoms with Crippen LogP contribution in [0.2, 0.25) is 0 Å². The second-order valence-corrected chi connectivity index (χ2v) is 14.1. The SMILES string of the molecule is CCc1ccc(-c2ccc3c(c2)c2cc(-c4ccc5c(c4)c4ccccc4n5-c4ccccc4)ccc2n3-c2ccccc2)cc1-c1ccccc1C. The normalized spacial score (nSPS) is 11.7. The lowest BCUT2D eigenvalue weighted by atomic mass is 9.91. The van der Waals surface area contributed by atoms with Crippen molar-refractivity contribution < 1.29 is 0 Å². The van der Waals surface area contributed by atoms with E-state index in [4.69, 9.17) is 0 Å². The average molecular weight is 679 g/mol. The first-order valence-corrected chi connectivity index (χ1v) is 18.6. The van der Waals surface area contributed by atoms with Crippen molar-refractivity contribution in [2.75, 3.05) is 0 Å². The molecule has 2 nitrogen and oxygen atoms in total.